The fourth-order valence-corrected chi connectivity index (χ4v) is 5.13. The van der Waals surface area contributed by atoms with Crippen LogP contribution in [0.2, 0.25) is 0 Å². The van der Waals surface area contributed by atoms with Crippen LogP contribution in [0.3, 0.4) is 0 Å². The lowest BCUT2D eigenvalue weighted by Gasteiger charge is -2.20. The molecule has 33 heavy (non-hydrogen) atoms. The van der Waals surface area contributed by atoms with Crippen LogP contribution in [-0.4, -0.2) is 27.7 Å². The summed E-state index contributed by atoms with van der Waals surface area (Å²) in [6, 6.07) is 25.0. The van der Waals surface area contributed by atoms with E-state index in [0.717, 1.165) is 46.3 Å². The summed E-state index contributed by atoms with van der Waals surface area (Å²) in [4.78, 5) is 23.6. The highest BCUT2D eigenvalue weighted by molar-refractivity contribution is 8.00. The molecule has 2 heterocycles. The van der Waals surface area contributed by atoms with Gasteiger partial charge < -0.3 is 9.88 Å². The first kappa shape index (κ1) is 21.5. The molecular formula is C28H27N3OS. The minimum absolute atomic E-state index is 0.120. The number of amides is 1. The summed E-state index contributed by atoms with van der Waals surface area (Å²) in [6.07, 6.45) is 0.912. The largest absolute Gasteiger partial charge is 0.332 e. The van der Waals surface area contributed by atoms with Gasteiger partial charge in [0, 0.05) is 23.4 Å². The fourth-order valence-electron chi connectivity index (χ4n) is 4.26. The summed E-state index contributed by atoms with van der Waals surface area (Å²) >= 11 is 1.49. The number of H-pyrrole nitrogens is 1. The zero-order chi connectivity index (χ0) is 22.9. The number of imidazole rings is 1. The number of aryl methyl sites for hydroxylation is 2. The molecule has 4 aromatic rings. The molecule has 166 valence electrons. The number of carbonyl (C=O) groups is 1. The second kappa shape index (κ2) is 8.91. The molecule has 0 bridgehead atoms. The molecule has 1 aliphatic heterocycles. The number of anilines is 1. The predicted molar refractivity (Wildman–Crippen MR) is 137 cm³/mol. The molecule has 1 amide bonds. The number of thioether (sulfide) groups is 1. The molecule has 0 saturated carbocycles. The monoisotopic (exact) mass is 453 g/mol. The van der Waals surface area contributed by atoms with E-state index in [0.29, 0.717) is 0 Å². The van der Waals surface area contributed by atoms with Gasteiger partial charge in [0.05, 0.1) is 16.6 Å². The van der Waals surface area contributed by atoms with Crippen molar-refractivity contribution in [3.8, 4) is 22.5 Å². The number of rotatable bonds is 5. The Hall–Kier alpha value is -3.31. The topological polar surface area (TPSA) is 49.0 Å². The number of fused-ring (bicyclic) bond motifs is 1. The molecule has 1 N–H and O–H groups in total. The Balaban J connectivity index is 1.45. The Bertz CT molecular complexity index is 1230. The predicted octanol–water partition coefficient (Wildman–Crippen LogP) is 6.43. The maximum absolute atomic E-state index is 13.3. The van der Waals surface area contributed by atoms with Crippen molar-refractivity contribution in [1.82, 2.24) is 9.97 Å². The van der Waals surface area contributed by atoms with E-state index in [1.807, 2.05) is 30.0 Å². The number of benzene rings is 3. The van der Waals surface area contributed by atoms with Crippen LogP contribution in [0.25, 0.3) is 22.5 Å². The Morgan fingerprint density at radius 1 is 0.939 bits per heavy atom. The third-order valence-electron chi connectivity index (χ3n) is 6.14. The van der Waals surface area contributed by atoms with Gasteiger partial charge in [-0.25, -0.2) is 4.98 Å². The van der Waals surface area contributed by atoms with E-state index < -0.39 is 0 Å². The van der Waals surface area contributed by atoms with E-state index in [1.165, 1.54) is 28.5 Å². The number of aromatic nitrogens is 2. The van der Waals surface area contributed by atoms with Crippen molar-refractivity contribution in [1.29, 1.82) is 0 Å². The number of carbonyl (C=O) groups excluding carboxylic acids is 1. The van der Waals surface area contributed by atoms with Gasteiger partial charge in [-0.05, 0) is 38.8 Å². The molecule has 1 aromatic heterocycles. The molecule has 1 unspecified atom stereocenters. The fraction of sp³-hybridized carbons (Fsp3) is 0.214. The van der Waals surface area contributed by atoms with Crippen LogP contribution in [0.4, 0.5) is 5.69 Å². The van der Waals surface area contributed by atoms with Gasteiger partial charge in [-0.3, -0.25) is 4.79 Å². The second-order valence-electron chi connectivity index (χ2n) is 8.63. The lowest BCUT2D eigenvalue weighted by molar-refractivity contribution is -0.117. The van der Waals surface area contributed by atoms with Crippen LogP contribution in [0.15, 0.2) is 78.0 Å². The molecule has 1 atom stereocenters. The zero-order valence-electron chi connectivity index (χ0n) is 19.1. The first-order valence-electron chi connectivity index (χ1n) is 11.3. The van der Waals surface area contributed by atoms with Crippen LogP contribution >= 0.6 is 11.8 Å². The van der Waals surface area contributed by atoms with Gasteiger partial charge in [0.25, 0.3) is 0 Å². The van der Waals surface area contributed by atoms with Crippen molar-refractivity contribution >= 4 is 23.4 Å². The summed E-state index contributed by atoms with van der Waals surface area (Å²) in [7, 11) is 0. The van der Waals surface area contributed by atoms with Gasteiger partial charge >= 0.3 is 0 Å². The lowest BCUT2D eigenvalue weighted by atomic mass is 10.0. The number of para-hydroxylation sites is 1. The van der Waals surface area contributed by atoms with Crippen molar-refractivity contribution in [2.45, 2.75) is 37.6 Å². The Kier molecular flexibility index (Phi) is 5.81. The number of hydrogen-bond acceptors (Lipinski definition) is 3. The highest BCUT2D eigenvalue weighted by Crippen LogP contribution is 2.35. The van der Waals surface area contributed by atoms with Crippen LogP contribution in [0.1, 0.15) is 23.6 Å². The lowest BCUT2D eigenvalue weighted by Crippen LogP contribution is -2.35. The van der Waals surface area contributed by atoms with Crippen molar-refractivity contribution in [3.05, 3.63) is 89.5 Å². The third-order valence-corrected chi connectivity index (χ3v) is 7.11. The molecule has 5 rings (SSSR count). The number of aromatic amines is 1. The summed E-state index contributed by atoms with van der Waals surface area (Å²) in [5, 5.41) is 0.508. The Labute approximate surface area is 199 Å². The number of nitrogens with one attached hydrogen (secondary N) is 1. The maximum Gasteiger partial charge on any atom is 0.240 e. The Morgan fingerprint density at radius 3 is 2.27 bits per heavy atom. The minimum Gasteiger partial charge on any atom is -0.332 e. The SMILES string of the molecule is Cc1ccc(-c2nc(SC(C)C(=O)N3CCc4ccccc43)[nH]c2-c2ccc(C)cc2)cc1. The molecule has 1 aliphatic rings. The maximum atomic E-state index is 13.3. The van der Waals surface area contributed by atoms with Crippen molar-refractivity contribution in [2.75, 3.05) is 11.4 Å². The van der Waals surface area contributed by atoms with E-state index in [2.05, 4.69) is 73.4 Å². The molecule has 5 heteroatoms. The Morgan fingerprint density at radius 2 is 1.58 bits per heavy atom. The number of nitrogens with zero attached hydrogens (tertiary/aromatic N) is 2. The summed E-state index contributed by atoms with van der Waals surface area (Å²) in [5.74, 6) is 0.120. The second-order valence-corrected chi connectivity index (χ2v) is 9.96. The van der Waals surface area contributed by atoms with Crippen LogP contribution in [0.5, 0.6) is 0 Å². The summed E-state index contributed by atoms with van der Waals surface area (Å²) in [5.41, 5.74) is 8.75. The van der Waals surface area contributed by atoms with E-state index in [4.69, 9.17) is 4.98 Å². The quantitative estimate of drug-likeness (QED) is 0.354. The molecule has 0 saturated heterocycles. The smallest absolute Gasteiger partial charge is 0.240 e. The number of hydrogen-bond donors (Lipinski definition) is 1. The zero-order valence-corrected chi connectivity index (χ0v) is 19.9. The molecule has 0 fully saturated rings. The van der Waals surface area contributed by atoms with Crippen LogP contribution in [-0.2, 0) is 11.2 Å². The van der Waals surface area contributed by atoms with Gasteiger partial charge in [-0.2, -0.15) is 0 Å². The van der Waals surface area contributed by atoms with E-state index >= 15 is 0 Å². The van der Waals surface area contributed by atoms with Crippen LogP contribution in [0, 0.1) is 13.8 Å². The van der Waals surface area contributed by atoms with Gasteiger partial charge in [0.15, 0.2) is 5.16 Å². The van der Waals surface area contributed by atoms with Gasteiger partial charge in [0.1, 0.15) is 0 Å². The van der Waals surface area contributed by atoms with Crippen LogP contribution < -0.4 is 4.90 Å². The highest BCUT2D eigenvalue weighted by atomic mass is 32.2. The third kappa shape index (κ3) is 4.33. The normalized spacial score (nSPS) is 13.7. The van der Waals surface area contributed by atoms with E-state index in [-0.39, 0.29) is 11.2 Å². The molecule has 4 nitrogen and oxygen atoms in total. The van der Waals surface area contributed by atoms with Gasteiger partial charge in [-0.15, -0.1) is 0 Å². The highest BCUT2D eigenvalue weighted by Gasteiger charge is 2.29. The van der Waals surface area contributed by atoms with E-state index in [9.17, 15) is 4.79 Å². The molecule has 0 spiro atoms. The van der Waals surface area contributed by atoms with E-state index in [1.54, 1.807) is 0 Å². The molecule has 0 aliphatic carbocycles. The van der Waals surface area contributed by atoms with Crippen molar-refractivity contribution < 1.29 is 4.79 Å². The average molecular weight is 454 g/mol. The molecule has 3 aromatic carbocycles. The average Bonchev–Trinajstić information content (AvgIpc) is 3.44. The van der Waals surface area contributed by atoms with Gasteiger partial charge in [0.2, 0.25) is 5.91 Å². The standard InChI is InChI=1S/C28H27N3OS/c1-18-8-12-22(13-9-18)25-26(23-14-10-19(2)11-15-23)30-28(29-25)33-20(3)27(32)31-17-16-21-6-4-5-7-24(21)31/h4-15,20H,16-17H2,1-3H3,(H,29,30). The van der Waals surface area contributed by atoms with Crippen molar-refractivity contribution in [3.63, 3.8) is 0 Å². The first-order valence-corrected chi connectivity index (χ1v) is 12.2. The molecule has 0 radical (unpaired) electrons. The summed E-state index contributed by atoms with van der Waals surface area (Å²) in [6.45, 7) is 6.88. The first-order chi connectivity index (χ1) is 16.0. The van der Waals surface area contributed by atoms with Crippen molar-refractivity contribution in [2.24, 2.45) is 0 Å². The summed E-state index contributed by atoms with van der Waals surface area (Å²) < 4.78 is 0. The van der Waals surface area contributed by atoms with Gasteiger partial charge in [-0.1, -0.05) is 89.6 Å². The minimum atomic E-state index is -0.251. The molecular weight excluding hydrogens is 426 g/mol.